The summed E-state index contributed by atoms with van der Waals surface area (Å²) in [6.45, 7) is 6.69. The number of hydrogen-bond acceptors (Lipinski definition) is 5. The topological polar surface area (TPSA) is 77.4 Å². The molecule has 26 heavy (non-hydrogen) atoms. The third-order valence-electron chi connectivity index (χ3n) is 4.08. The van der Waals surface area contributed by atoms with Crippen LogP contribution < -0.4 is 5.32 Å². The number of rotatable bonds is 9. The molecule has 2 heterocycles. The molecule has 0 aliphatic rings. The van der Waals surface area contributed by atoms with E-state index in [4.69, 9.17) is 4.74 Å². The van der Waals surface area contributed by atoms with E-state index in [0.717, 1.165) is 24.4 Å². The summed E-state index contributed by atoms with van der Waals surface area (Å²) in [6, 6.07) is 3.55. The second-order valence-electron chi connectivity index (χ2n) is 6.04. The van der Waals surface area contributed by atoms with Crippen LogP contribution in [0.4, 0.5) is 0 Å². The van der Waals surface area contributed by atoms with Crippen LogP contribution >= 0.6 is 11.3 Å². The van der Waals surface area contributed by atoms with Crippen molar-refractivity contribution in [1.82, 2.24) is 9.88 Å². The molecule has 1 N–H and O–H groups in total. The van der Waals surface area contributed by atoms with Crippen LogP contribution in [0.25, 0.3) is 0 Å². The van der Waals surface area contributed by atoms with Gasteiger partial charge in [-0.3, -0.25) is 14.4 Å². The molecule has 2 rings (SSSR count). The van der Waals surface area contributed by atoms with Crippen LogP contribution in [-0.4, -0.2) is 35.4 Å². The number of carbonyl (C=O) groups is 3. The van der Waals surface area contributed by atoms with E-state index in [2.05, 4.69) is 16.8 Å². The van der Waals surface area contributed by atoms with E-state index in [1.54, 1.807) is 11.4 Å². The van der Waals surface area contributed by atoms with Crippen LogP contribution in [0.5, 0.6) is 0 Å². The highest BCUT2D eigenvalue weighted by Gasteiger charge is 2.17. The summed E-state index contributed by atoms with van der Waals surface area (Å²) in [5.41, 5.74) is 3.08. The number of thiophene rings is 1. The van der Waals surface area contributed by atoms with E-state index in [1.165, 1.54) is 11.3 Å². The lowest BCUT2D eigenvalue weighted by Gasteiger charge is -2.08. The number of hydrogen-bond donors (Lipinski definition) is 1. The standard InChI is InChI=1S/C19H24N2O4S/c1-4-8-21-13(2)10-16(14(21)3)17(22)11-25-18(23)5-7-20-19(24)15-6-9-26-12-15/h6,9-10,12H,4-5,7-8,11H2,1-3H3,(H,20,24). The third kappa shape index (κ3) is 5.05. The SMILES string of the molecule is CCCn1c(C)cc(C(=O)COC(=O)CCNC(=O)c2ccsc2)c1C. The molecule has 2 aromatic heterocycles. The smallest absolute Gasteiger partial charge is 0.308 e. The summed E-state index contributed by atoms with van der Waals surface area (Å²) in [5, 5.41) is 6.20. The molecule has 0 aromatic carbocycles. The summed E-state index contributed by atoms with van der Waals surface area (Å²) in [4.78, 5) is 35.8. The molecule has 0 radical (unpaired) electrons. The summed E-state index contributed by atoms with van der Waals surface area (Å²) >= 11 is 1.43. The molecule has 2 aromatic rings. The molecular weight excluding hydrogens is 352 g/mol. The largest absolute Gasteiger partial charge is 0.457 e. The number of esters is 1. The Morgan fingerprint density at radius 2 is 2.04 bits per heavy atom. The molecule has 0 fully saturated rings. The number of amides is 1. The maximum Gasteiger partial charge on any atom is 0.308 e. The normalized spacial score (nSPS) is 10.6. The zero-order valence-corrected chi connectivity index (χ0v) is 16.1. The summed E-state index contributed by atoms with van der Waals surface area (Å²) in [5.74, 6) is -0.944. The van der Waals surface area contributed by atoms with Gasteiger partial charge < -0.3 is 14.6 Å². The molecule has 6 nitrogen and oxygen atoms in total. The fraction of sp³-hybridized carbons (Fsp3) is 0.421. The molecule has 0 aliphatic carbocycles. The Hall–Kier alpha value is -2.41. The van der Waals surface area contributed by atoms with E-state index in [-0.39, 0.29) is 31.3 Å². The fourth-order valence-corrected chi connectivity index (χ4v) is 3.36. The van der Waals surface area contributed by atoms with Crippen LogP contribution in [0.1, 0.15) is 51.9 Å². The van der Waals surface area contributed by atoms with Gasteiger partial charge in [-0.05, 0) is 37.8 Å². The van der Waals surface area contributed by atoms with Crippen molar-refractivity contribution in [3.63, 3.8) is 0 Å². The molecule has 0 bridgehead atoms. The predicted octanol–water partition coefficient (Wildman–Crippen LogP) is 3.12. The molecule has 1 amide bonds. The predicted molar refractivity (Wildman–Crippen MR) is 101 cm³/mol. The average molecular weight is 376 g/mol. The maximum atomic E-state index is 12.3. The lowest BCUT2D eigenvalue weighted by molar-refractivity contribution is -0.142. The Labute approximate surface area is 157 Å². The Bertz CT molecular complexity index is 778. The van der Waals surface area contributed by atoms with Gasteiger partial charge in [0, 0.05) is 41.0 Å². The Morgan fingerprint density at radius 1 is 1.27 bits per heavy atom. The Balaban J connectivity index is 1.77. The van der Waals surface area contributed by atoms with E-state index in [1.807, 2.05) is 25.3 Å². The minimum atomic E-state index is -0.508. The minimum absolute atomic E-state index is 0.0258. The van der Waals surface area contributed by atoms with Gasteiger partial charge in [-0.1, -0.05) is 6.92 Å². The second kappa shape index (κ2) is 9.33. The molecule has 0 saturated carbocycles. The van der Waals surface area contributed by atoms with Crippen molar-refractivity contribution in [2.75, 3.05) is 13.2 Å². The summed E-state index contributed by atoms with van der Waals surface area (Å²) in [7, 11) is 0. The number of ketones is 1. The maximum absolute atomic E-state index is 12.3. The van der Waals surface area contributed by atoms with Gasteiger partial charge in [0.15, 0.2) is 6.61 Å². The minimum Gasteiger partial charge on any atom is -0.457 e. The number of aryl methyl sites for hydroxylation is 1. The summed E-state index contributed by atoms with van der Waals surface area (Å²) in [6.07, 6.45) is 1.01. The average Bonchev–Trinajstić information content (AvgIpc) is 3.24. The first-order valence-electron chi connectivity index (χ1n) is 8.60. The first-order valence-corrected chi connectivity index (χ1v) is 9.54. The first kappa shape index (κ1) is 19.9. The lowest BCUT2D eigenvalue weighted by Crippen LogP contribution is -2.26. The van der Waals surface area contributed by atoms with Gasteiger partial charge in [0.1, 0.15) is 0 Å². The number of nitrogens with one attached hydrogen (secondary N) is 1. The van der Waals surface area contributed by atoms with Crippen LogP contribution in [0.15, 0.2) is 22.9 Å². The van der Waals surface area contributed by atoms with Gasteiger partial charge in [0.05, 0.1) is 6.42 Å². The molecular formula is C19H24N2O4S. The van der Waals surface area contributed by atoms with E-state index in [9.17, 15) is 14.4 Å². The highest BCUT2D eigenvalue weighted by molar-refractivity contribution is 7.08. The molecule has 0 aliphatic heterocycles. The van der Waals surface area contributed by atoms with Crippen LogP contribution in [-0.2, 0) is 16.1 Å². The number of carbonyl (C=O) groups excluding carboxylic acids is 3. The Kier molecular flexibility index (Phi) is 7.15. The second-order valence-corrected chi connectivity index (χ2v) is 6.82. The monoisotopic (exact) mass is 376 g/mol. The number of nitrogens with zero attached hydrogens (tertiary/aromatic N) is 1. The highest BCUT2D eigenvalue weighted by Crippen LogP contribution is 2.16. The molecule has 0 unspecified atom stereocenters. The first-order chi connectivity index (χ1) is 12.4. The van der Waals surface area contributed by atoms with Crippen molar-refractivity contribution < 1.29 is 19.1 Å². The molecule has 0 atom stereocenters. The van der Waals surface area contributed by atoms with Crippen molar-refractivity contribution in [3.05, 3.63) is 45.4 Å². The number of ether oxygens (including phenoxy) is 1. The van der Waals surface area contributed by atoms with Gasteiger partial charge in [-0.15, -0.1) is 0 Å². The van der Waals surface area contributed by atoms with Crippen LogP contribution in [0.3, 0.4) is 0 Å². The fourth-order valence-electron chi connectivity index (χ4n) is 2.72. The van der Waals surface area contributed by atoms with Gasteiger partial charge in [-0.25, -0.2) is 0 Å². The molecule has 0 spiro atoms. The zero-order valence-electron chi connectivity index (χ0n) is 15.3. The van der Waals surface area contributed by atoms with Gasteiger partial charge in [-0.2, -0.15) is 11.3 Å². The Morgan fingerprint density at radius 3 is 2.69 bits per heavy atom. The third-order valence-corrected chi connectivity index (χ3v) is 4.77. The molecule has 140 valence electrons. The van der Waals surface area contributed by atoms with Gasteiger partial charge >= 0.3 is 5.97 Å². The molecule has 0 saturated heterocycles. The zero-order chi connectivity index (χ0) is 19.1. The van der Waals surface area contributed by atoms with Gasteiger partial charge in [0.2, 0.25) is 5.78 Å². The van der Waals surface area contributed by atoms with Crippen molar-refractivity contribution >= 4 is 29.0 Å². The number of Topliss-reactive ketones (excluding diaryl/α,β-unsaturated/α-hetero) is 1. The van der Waals surface area contributed by atoms with Crippen molar-refractivity contribution in [1.29, 1.82) is 0 Å². The molecule has 7 heteroatoms. The lowest BCUT2D eigenvalue weighted by atomic mass is 10.1. The van der Waals surface area contributed by atoms with Crippen molar-refractivity contribution in [2.24, 2.45) is 0 Å². The van der Waals surface area contributed by atoms with Gasteiger partial charge in [0.25, 0.3) is 5.91 Å². The van der Waals surface area contributed by atoms with E-state index >= 15 is 0 Å². The van der Waals surface area contributed by atoms with Crippen molar-refractivity contribution in [3.8, 4) is 0 Å². The highest BCUT2D eigenvalue weighted by atomic mass is 32.1. The summed E-state index contributed by atoms with van der Waals surface area (Å²) < 4.78 is 7.14. The van der Waals surface area contributed by atoms with Crippen molar-refractivity contribution in [2.45, 2.75) is 40.2 Å². The van der Waals surface area contributed by atoms with Crippen LogP contribution in [0.2, 0.25) is 0 Å². The quantitative estimate of drug-likeness (QED) is 0.539. The van der Waals surface area contributed by atoms with E-state index in [0.29, 0.717) is 11.1 Å². The van der Waals surface area contributed by atoms with Crippen LogP contribution in [0, 0.1) is 13.8 Å². The van der Waals surface area contributed by atoms with E-state index < -0.39 is 5.97 Å². The number of aromatic nitrogens is 1.